The average molecular weight is 563 g/mol. The lowest BCUT2D eigenvalue weighted by molar-refractivity contribution is -0.249. The van der Waals surface area contributed by atoms with Crippen molar-refractivity contribution in [3.8, 4) is 5.75 Å². The van der Waals surface area contributed by atoms with Crippen molar-refractivity contribution in [2.24, 2.45) is 5.92 Å². The maximum absolute atomic E-state index is 14.6. The molecule has 2 heterocycles. The van der Waals surface area contributed by atoms with Gasteiger partial charge in [-0.1, -0.05) is 0 Å². The number of ether oxygens (including phenoxy) is 2. The lowest BCUT2D eigenvalue weighted by atomic mass is 9.82. The van der Waals surface area contributed by atoms with Crippen molar-refractivity contribution in [2.45, 2.75) is 92.6 Å². The van der Waals surface area contributed by atoms with Crippen LogP contribution in [0.5, 0.6) is 5.75 Å². The van der Waals surface area contributed by atoms with Gasteiger partial charge in [-0.2, -0.15) is 13.2 Å². The highest BCUT2D eigenvalue weighted by Crippen LogP contribution is 2.52. The minimum absolute atomic E-state index is 0.0276. The monoisotopic (exact) mass is 562 g/mol. The van der Waals surface area contributed by atoms with Crippen molar-refractivity contribution < 1.29 is 40.2 Å². The number of likely N-dealkylation sites (tertiary alicyclic amines) is 1. The number of halogens is 4. The van der Waals surface area contributed by atoms with E-state index in [9.17, 15) is 30.8 Å². The largest absolute Gasteiger partial charge is 0.490 e. The van der Waals surface area contributed by atoms with Gasteiger partial charge in [-0.05, 0) is 81.9 Å². The Labute approximate surface area is 220 Å². The molecule has 4 fully saturated rings. The van der Waals surface area contributed by atoms with E-state index >= 15 is 0 Å². The zero-order valence-electron chi connectivity index (χ0n) is 21.4. The molecule has 0 radical (unpaired) electrons. The van der Waals surface area contributed by atoms with Gasteiger partial charge in [0.1, 0.15) is 11.6 Å². The predicted molar refractivity (Wildman–Crippen MR) is 130 cm³/mol. The quantitative estimate of drug-likeness (QED) is 0.458. The molecule has 1 aromatic carbocycles. The second kappa shape index (κ2) is 10.1. The number of sulfone groups is 1. The van der Waals surface area contributed by atoms with Crippen molar-refractivity contribution in [1.29, 1.82) is 0 Å². The fourth-order valence-corrected chi connectivity index (χ4v) is 7.13. The van der Waals surface area contributed by atoms with Crippen LogP contribution in [0.15, 0.2) is 23.1 Å². The molecule has 2 saturated carbocycles. The summed E-state index contributed by atoms with van der Waals surface area (Å²) in [5.74, 6) is -0.754. The van der Waals surface area contributed by atoms with Crippen LogP contribution in [0.2, 0.25) is 0 Å². The molecule has 2 atom stereocenters. The summed E-state index contributed by atoms with van der Waals surface area (Å²) in [5.41, 5.74) is -2.06. The number of fused-ring (bicyclic) bond motifs is 2. The smallest absolute Gasteiger partial charge is 0.410 e. The van der Waals surface area contributed by atoms with E-state index in [4.69, 9.17) is 9.47 Å². The first-order valence-electron chi connectivity index (χ1n) is 13.3. The molecule has 4 aliphatic rings. The fraction of sp³-hybridized carbons (Fsp3) is 0.731. The first kappa shape index (κ1) is 27.5. The van der Waals surface area contributed by atoms with Crippen LogP contribution in [0.4, 0.5) is 22.4 Å². The molecule has 2 aliphatic carbocycles. The highest BCUT2D eigenvalue weighted by atomic mass is 32.2. The Morgan fingerprint density at radius 3 is 2.37 bits per heavy atom. The second-order valence-corrected chi connectivity index (χ2v) is 13.3. The Morgan fingerprint density at radius 2 is 1.79 bits per heavy atom. The number of hydrogen-bond acceptors (Lipinski definition) is 6. The lowest BCUT2D eigenvalue weighted by Crippen LogP contribution is -2.71. The minimum Gasteiger partial charge on any atom is -0.490 e. The SMILES string of the molecule is CS(=O)(=O)c1ccc(OCC2CCC(N3C4CCC3(C(F)(F)F)CN(C(=O)OC3CCC3)C4)CC2)c(F)c1. The third-order valence-corrected chi connectivity index (χ3v) is 9.89. The third-order valence-electron chi connectivity index (χ3n) is 8.78. The van der Waals surface area contributed by atoms with Crippen LogP contribution < -0.4 is 4.74 Å². The van der Waals surface area contributed by atoms with Crippen LogP contribution in [0.3, 0.4) is 0 Å². The molecule has 7 nitrogen and oxygen atoms in total. The summed E-state index contributed by atoms with van der Waals surface area (Å²) < 4.78 is 92.4. The number of piperazine rings is 1. The Balaban J connectivity index is 1.20. The average Bonchev–Trinajstić information content (AvgIpc) is 3.06. The standard InChI is InChI=1S/C26H34F4N2O5S/c1-38(34,35)21-9-10-23(22(27)13-21)36-15-17-5-7-18(8-6-17)32-19-11-12-25(32,26(28,29)30)16-31(14-19)24(33)37-20-3-2-4-20/h9-10,13,17-20H,2-8,11-12,14-16H2,1H3. The van der Waals surface area contributed by atoms with Crippen LogP contribution >= 0.6 is 0 Å². The number of nitrogens with zero attached hydrogens (tertiary/aromatic N) is 2. The summed E-state index contributed by atoms with van der Waals surface area (Å²) in [4.78, 5) is 15.4. The lowest BCUT2D eigenvalue weighted by Gasteiger charge is -2.53. The number of amides is 1. The van der Waals surface area contributed by atoms with Crippen LogP contribution in [0, 0.1) is 11.7 Å². The molecule has 0 aromatic heterocycles. The number of carbonyl (C=O) groups excluding carboxylic acids is 1. The van der Waals surface area contributed by atoms with E-state index in [0.29, 0.717) is 32.1 Å². The van der Waals surface area contributed by atoms with Gasteiger partial charge < -0.3 is 14.4 Å². The second-order valence-electron chi connectivity index (χ2n) is 11.3. The van der Waals surface area contributed by atoms with Crippen LogP contribution in [0.1, 0.15) is 57.8 Å². The topological polar surface area (TPSA) is 76.2 Å². The van der Waals surface area contributed by atoms with Crippen LogP contribution in [-0.2, 0) is 14.6 Å². The minimum atomic E-state index is -4.48. The van der Waals surface area contributed by atoms with Gasteiger partial charge in [-0.3, -0.25) is 4.90 Å². The Hall–Kier alpha value is -2.08. The summed E-state index contributed by atoms with van der Waals surface area (Å²) in [7, 11) is -3.54. The molecule has 2 aliphatic heterocycles. The Bertz CT molecular complexity index is 1150. The van der Waals surface area contributed by atoms with E-state index in [-0.39, 0.29) is 54.3 Å². The van der Waals surface area contributed by atoms with Crippen LogP contribution in [0.25, 0.3) is 0 Å². The van der Waals surface area contributed by atoms with Crippen molar-refractivity contribution in [3.63, 3.8) is 0 Å². The van der Waals surface area contributed by atoms with Gasteiger partial charge in [0.25, 0.3) is 0 Å². The molecular weight excluding hydrogens is 528 g/mol. The number of alkyl halides is 3. The molecule has 0 spiro atoms. The van der Waals surface area contributed by atoms with Crippen LogP contribution in [-0.4, -0.2) is 80.2 Å². The van der Waals surface area contributed by atoms with Crippen molar-refractivity contribution in [2.75, 3.05) is 26.0 Å². The Kier molecular flexibility index (Phi) is 7.34. The summed E-state index contributed by atoms with van der Waals surface area (Å²) in [6.45, 7) is 0.0516. The first-order chi connectivity index (χ1) is 17.9. The molecule has 1 amide bonds. The molecule has 2 unspecified atom stereocenters. The Morgan fingerprint density at radius 1 is 1.08 bits per heavy atom. The van der Waals surface area contributed by atoms with E-state index < -0.39 is 40.0 Å². The molecule has 1 aromatic rings. The molecule has 212 valence electrons. The fourth-order valence-electron chi connectivity index (χ4n) is 6.49. The van der Waals surface area contributed by atoms with E-state index in [1.54, 1.807) is 4.90 Å². The normalized spacial score (nSPS) is 30.7. The maximum atomic E-state index is 14.6. The van der Waals surface area contributed by atoms with Gasteiger partial charge in [-0.25, -0.2) is 17.6 Å². The maximum Gasteiger partial charge on any atom is 0.410 e. The van der Waals surface area contributed by atoms with Gasteiger partial charge in [0.15, 0.2) is 21.4 Å². The molecule has 2 bridgehead atoms. The van der Waals surface area contributed by atoms with Crippen molar-refractivity contribution in [3.05, 3.63) is 24.0 Å². The molecule has 2 saturated heterocycles. The van der Waals surface area contributed by atoms with Crippen molar-refractivity contribution in [1.82, 2.24) is 9.80 Å². The number of hydrogen-bond donors (Lipinski definition) is 0. The number of carbonyl (C=O) groups is 1. The van der Waals surface area contributed by atoms with Gasteiger partial charge in [0.2, 0.25) is 0 Å². The van der Waals surface area contributed by atoms with E-state index in [0.717, 1.165) is 31.6 Å². The van der Waals surface area contributed by atoms with Gasteiger partial charge in [0.05, 0.1) is 18.0 Å². The zero-order chi connectivity index (χ0) is 27.3. The molecule has 38 heavy (non-hydrogen) atoms. The van der Waals surface area contributed by atoms with Gasteiger partial charge in [-0.15, -0.1) is 0 Å². The van der Waals surface area contributed by atoms with E-state index in [1.807, 2.05) is 0 Å². The highest BCUT2D eigenvalue weighted by molar-refractivity contribution is 7.90. The highest BCUT2D eigenvalue weighted by Gasteiger charge is 2.67. The first-order valence-corrected chi connectivity index (χ1v) is 15.2. The molecular formula is C26H34F4N2O5S. The van der Waals surface area contributed by atoms with E-state index in [1.165, 1.54) is 17.0 Å². The summed E-state index contributed by atoms with van der Waals surface area (Å²) in [6, 6.07) is 2.89. The van der Waals surface area contributed by atoms with E-state index in [2.05, 4.69) is 0 Å². The third kappa shape index (κ3) is 5.22. The number of rotatable bonds is 6. The predicted octanol–water partition coefficient (Wildman–Crippen LogP) is 4.94. The number of benzene rings is 1. The summed E-state index contributed by atoms with van der Waals surface area (Å²) in [5, 5.41) is 0. The van der Waals surface area contributed by atoms with Gasteiger partial charge >= 0.3 is 12.3 Å². The summed E-state index contributed by atoms with van der Waals surface area (Å²) in [6.07, 6.45) is 0.971. The van der Waals surface area contributed by atoms with Gasteiger partial charge in [0, 0.05) is 24.9 Å². The van der Waals surface area contributed by atoms with Crippen molar-refractivity contribution >= 4 is 15.9 Å². The molecule has 0 N–H and O–H groups in total. The zero-order valence-corrected chi connectivity index (χ0v) is 22.2. The molecule has 5 rings (SSSR count). The summed E-state index contributed by atoms with van der Waals surface area (Å²) >= 11 is 0. The molecule has 12 heteroatoms.